The molecule has 152 valence electrons. The summed E-state index contributed by atoms with van der Waals surface area (Å²) in [6, 6.07) is 13.9. The molecule has 1 aliphatic heterocycles. The minimum atomic E-state index is -0.407. The third-order valence-electron chi connectivity index (χ3n) is 5.20. The van der Waals surface area contributed by atoms with Crippen LogP contribution >= 0.6 is 0 Å². The van der Waals surface area contributed by atoms with Gasteiger partial charge in [0, 0.05) is 16.8 Å². The van der Waals surface area contributed by atoms with E-state index in [0.717, 1.165) is 0 Å². The van der Waals surface area contributed by atoms with Gasteiger partial charge in [0.2, 0.25) is 0 Å². The number of benzene rings is 2. The van der Waals surface area contributed by atoms with Crippen LogP contribution in [-0.4, -0.2) is 26.3 Å². The van der Waals surface area contributed by atoms with Crippen molar-refractivity contribution in [2.24, 2.45) is 10.2 Å². The lowest BCUT2D eigenvalue weighted by Gasteiger charge is -1.95. The first kappa shape index (κ1) is 18.6. The largest absolute Gasteiger partial charge is 0.321 e. The molecule has 4 aromatic rings. The van der Waals surface area contributed by atoms with Gasteiger partial charge in [-0.3, -0.25) is 19.5 Å². The van der Waals surface area contributed by atoms with Crippen molar-refractivity contribution in [3.63, 3.8) is 0 Å². The van der Waals surface area contributed by atoms with Gasteiger partial charge in [-0.15, -0.1) is 10.2 Å². The highest BCUT2D eigenvalue weighted by molar-refractivity contribution is 6.31. The van der Waals surface area contributed by atoms with E-state index in [9.17, 15) is 14.4 Å². The Balaban J connectivity index is 1.64. The van der Waals surface area contributed by atoms with Crippen LogP contribution < -0.4 is 16.1 Å². The van der Waals surface area contributed by atoms with Gasteiger partial charge >= 0.3 is 0 Å². The number of H-pyrrole nitrogens is 1. The zero-order chi connectivity index (χ0) is 21.7. The van der Waals surface area contributed by atoms with Gasteiger partial charge in [0.05, 0.1) is 22.2 Å². The molecule has 0 aliphatic carbocycles. The number of aryl methyl sites for hydroxylation is 1. The molecule has 2 N–H and O–H groups in total. The molecule has 9 heteroatoms. The van der Waals surface area contributed by atoms with E-state index in [0.29, 0.717) is 39.7 Å². The molecule has 0 unspecified atom stereocenters. The number of aromatic amines is 1. The number of amides is 1. The van der Waals surface area contributed by atoms with Gasteiger partial charge in [-0.2, -0.15) is 0 Å². The molecule has 0 bridgehead atoms. The van der Waals surface area contributed by atoms with Gasteiger partial charge in [-0.05, 0) is 44.2 Å². The Kier molecular flexibility index (Phi) is 4.11. The van der Waals surface area contributed by atoms with Gasteiger partial charge < -0.3 is 5.32 Å². The van der Waals surface area contributed by atoms with E-state index >= 15 is 0 Å². The predicted molar refractivity (Wildman–Crippen MR) is 114 cm³/mol. The normalized spacial score (nSPS) is 15.0. The fourth-order valence-corrected chi connectivity index (χ4v) is 3.61. The number of para-hydroxylation sites is 1. The number of imidazole rings is 1. The highest BCUT2D eigenvalue weighted by Crippen LogP contribution is 2.29. The number of fused-ring (bicyclic) bond motifs is 2. The summed E-state index contributed by atoms with van der Waals surface area (Å²) in [6.45, 7) is 3.25. The van der Waals surface area contributed by atoms with Crippen LogP contribution in [0.25, 0.3) is 11.2 Å². The number of carbonyl (C=O) groups is 2. The number of aromatic nitrogens is 3. The standard InChI is InChI=1S/C22H16N6O3/c1-11-19(26-25-14-9-7-13(8-10-14)12(2)29)24-20-18(22(31)27-28(11)20)17-15-5-3-4-6-16(15)23-21(17)30/h3-10H,1-2H3,(H,23,30)(H,27,31)/b18-17+,26-25?. The number of rotatable bonds is 3. The quantitative estimate of drug-likeness (QED) is 0.397. The summed E-state index contributed by atoms with van der Waals surface area (Å²) in [7, 11) is 0. The summed E-state index contributed by atoms with van der Waals surface area (Å²) < 4.78 is 1.51. The average Bonchev–Trinajstić information content (AvgIpc) is 3.36. The molecule has 1 amide bonds. The number of anilines is 1. The molecule has 9 nitrogen and oxygen atoms in total. The number of ketones is 1. The molecule has 0 spiro atoms. The topological polar surface area (TPSA) is 121 Å². The molecule has 2 aromatic heterocycles. The number of carbonyl (C=O) groups excluding carboxylic acids is 2. The Labute approximate surface area is 175 Å². The van der Waals surface area contributed by atoms with Crippen LogP contribution in [0.4, 0.5) is 17.2 Å². The zero-order valence-corrected chi connectivity index (χ0v) is 16.6. The van der Waals surface area contributed by atoms with Crippen LogP contribution in [0.2, 0.25) is 0 Å². The van der Waals surface area contributed by atoms with Crippen LogP contribution in [0.1, 0.15) is 28.5 Å². The van der Waals surface area contributed by atoms with Crippen molar-refractivity contribution in [2.45, 2.75) is 13.8 Å². The minimum Gasteiger partial charge on any atom is -0.321 e. The van der Waals surface area contributed by atoms with Crippen LogP contribution in [0.15, 0.2) is 63.6 Å². The lowest BCUT2D eigenvalue weighted by Crippen LogP contribution is -2.27. The van der Waals surface area contributed by atoms with Crippen molar-refractivity contribution in [1.82, 2.24) is 14.6 Å². The van der Waals surface area contributed by atoms with E-state index in [1.165, 1.54) is 11.4 Å². The third-order valence-corrected chi connectivity index (χ3v) is 5.20. The Bertz CT molecular complexity index is 1530. The van der Waals surface area contributed by atoms with E-state index in [1.54, 1.807) is 49.4 Å². The maximum absolute atomic E-state index is 12.7. The fraction of sp³-hybridized carbons (Fsp3) is 0.0909. The van der Waals surface area contributed by atoms with Crippen molar-refractivity contribution in [2.75, 3.05) is 5.32 Å². The lowest BCUT2D eigenvalue weighted by atomic mass is 10.1. The number of nitrogens with zero attached hydrogens (tertiary/aromatic N) is 4. The van der Waals surface area contributed by atoms with E-state index < -0.39 is 5.56 Å². The smallest absolute Gasteiger partial charge is 0.274 e. The lowest BCUT2D eigenvalue weighted by molar-refractivity contribution is -0.110. The summed E-state index contributed by atoms with van der Waals surface area (Å²) in [6.07, 6.45) is 0. The van der Waals surface area contributed by atoms with Crippen LogP contribution in [0, 0.1) is 6.92 Å². The van der Waals surface area contributed by atoms with Crippen LogP contribution in [-0.2, 0) is 4.79 Å². The number of nitrogens with one attached hydrogen (secondary N) is 2. The average molecular weight is 412 g/mol. The molecule has 5 rings (SSSR count). The molecule has 31 heavy (non-hydrogen) atoms. The second-order valence-electron chi connectivity index (χ2n) is 7.17. The van der Waals surface area contributed by atoms with Crippen LogP contribution in [0.5, 0.6) is 0 Å². The van der Waals surface area contributed by atoms with Gasteiger partial charge in [-0.1, -0.05) is 18.2 Å². The molecule has 0 fully saturated rings. The molecular weight excluding hydrogens is 396 g/mol. The SMILES string of the molecule is CC(=O)c1ccc(N=Nc2nc3/c(=C4\C(=O)Nc5ccccc54)c(=O)[nH]n3c2C)cc1. The molecular formula is C22H16N6O3. The van der Waals surface area contributed by atoms with Crippen LogP contribution in [0.3, 0.4) is 0 Å². The van der Waals surface area contributed by atoms with Gasteiger partial charge in [0.1, 0.15) is 0 Å². The number of Topliss-reactive ketones (excluding diaryl/α,β-unsaturated/α-hetero) is 1. The summed E-state index contributed by atoms with van der Waals surface area (Å²) >= 11 is 0. The van der Waals surface area contributed by atoms with Gasteiger partial charge in [-0.25, -0.2) is 9.50 Å². The van der Waals surface area contributed by atoms with Crippen molar-refractivity contribution in [1.29, 1.82) is 0 Å². The Morgan fingerprint density at radius 3 is 2.52 bits per heavy atom. The fourth-order valence-electron chi connectivity index (χ4n) is 3.61. The molecule has 3 heterocycles. The zero-order valence-electron chi connectivity index (χ0n) is 16.6. The first-order valence-corrected chi connectivity index (χ1v) is 9.53. The second-order valence-corrected chi connectivity index (χ2v) is 7.17. The van der Waals surface area contributed by atoms with Crippen molar-refractivity contribution in [3.8, 4) is 0 Å². The first-order chi connectivity index (χ1) is 14.9. The maximum atomic E-state index is 12.7. The van der Waals surface area contributed by atoms with Crippen molar-refractivity contribution < 1.29 is 9.59 Å². The Hall–Kier alpha value is -4.40. The van der Waals surface area contributed by atoms with E-state index in [2.05, 4.69) is 25.6 Å². The van der Waals surface area contributed by atoms with E-state index in [1.807, 2.05) is 6.07 Å². The van der Waals surface area contributed by atoms with Crippen molar-refractivity contribution in [3.05, 3.63) is 80.9 Å². The monoisotopic (exact) mass is 412 g/mol. The summed E-state index contributed by atoms with van der Waals surface area (Å²) in [5, 5.41) is 14.1. The van der Waals surface area contributed by atoms with Gasteiger partial charge in [0.25, 0.3) is 11.5 Å². The summed E-state index contributed by atoms with van der Waals surface area (Å²) in [5.41, 5.74) is 3.21. The number of hydrogen-bond donors (Lipinski definition) is 2. The Morgan fingerprint density at radius 1 is 1.03 bits per heavy atom. The summed E-state index contributed by atoms with van der Waals surface area (Å²) in [5.74, 6) is -0.0664. The summed E-state index contributed by atoms with van der Waals surface area (Å²) in [4.78, 5) is 41.1. The minimum absolute atomic E-state index is 0.0290. The third kappa shape index (κ3) is 2.94. The molecule has 0 atom stereocenters. The highest BCUT2D eigenvalue weighted by atomic mass is 16.2. The predicted octanol–water partition coefficient (Wildman–Crippen LogP) is 2.82. The molecule has 1 aliphatic rings. The maximum Gasteiger partial charge on any atom is 0.274 e. The molecule has 0 radical (unpaired) electrons. The molecule has 0 saturated carbocycles. The first-order valence-electron chi connectivity index (χ1n) is 9.53. The van der Waals surface area contributed by atoms with E-state index in [-0.39, 0.29) is 22.5 Å². The van der Waals surface area contributed by atoms with Gasteiger partial charge in [0.15, 0.2) is 17.2 Å². The highest BCUT2D eigenvalue weighted by Gasteiger charge is 2.27. The second kappa shape index (κ2) is 6.84. The van der Waals surface area contributed by atoms with E-state index in [4.69, 9.17) is 0 Å². The molecule has 0 saturated heterocycles. The number of hydrogen-bond acceptors (Lipinski definition) is 6. The van der Waals surface area contributed by atoms with Crippen molar-refractivity contribution >= 4 is 40.1 Å². The molecule has 2 aromatic carbocycles. The number of azo groups is 1. The Morgan fingerprint density at radius 2 is 1.77 bits per heavy atom.